The number of carbonyl (C=O) groups is 1. The topological polar surface area (TPSA) is 77.2 Å². The molecule has 0 bridgehead atoms. The van der Waals surface area contributed by atoms with Crippen LogP contribution in [0.25, 0.3) is 10.8 Å². The zero-order valence-electron chi connectivity index (χ0n) is 10.8. The maximum Gasteiger partial charge on any atom is 0.338 e. The zero-order chi connectivity index (χ0) is 13.7. The third-order valence-corrected chi connectivity index (χ3v) is 2.87. The summed E-state index contributed by atoms with van der Waals surface area (Å²) in [6, 6.07) is 7.38. The Balaban J connectivity index is 2.48. The van der Waals surface area contributed by atoms with E-state index in [0.29, 0.717) is 17.9 Å². The lowest BCUT2D eigenvalue weighted by molar-refractivity contribution is 0.0603. The first-order chi connectivity index (χ1) is 9.27. The number of anilines is 1. The summed E-state index contributed by atoms with van der Waals surface area (Å²) in [5.41, 5.74) is 5.99. The fraction of sp³-hybridized carbons (Fsp3) is 0.286. The lowest BCUT2D eigenvalue weighted by Gasteiger charge is -2.11. The van der Waals surface area contributed by atoms with Crippen molar-refractivity contribution in [3.63, 3.8) is 0 Å². The number of esters is 1. The van der Waals surface area contributed by atoms with Crippen LogP contribution in [0.5, 0.6) is 0 Å². The average molecular weight is 259 g/mol. The molecular formula is C14H17N3O2. The van der Waals surface area contributed by atoms with E-state index >= 15 is 0 Å². The minimum Gasteiger partial charge on any atom is -0.465 e. The number of aromatic nitrogens is 1. The smallest absolute Gasteiger partial charge is 0.338 e. The van der Waals surface area contributed by atoms with Crippen molar-refractivity contribution in [2.24, 2.45) is 5.73 Å². The lowest BCUT2D eigenvalue weighted by Crippen LogP contribution is -2.11. The van der Waals surface area contributed by atoms with Gasteiger partial charge in [0.2, 0.25) is 0 Å². The molecule has 19 heavy (non-hydrogen) atoms. The minimum absolute atomic E-state index is 0.361. The van der Waals surface area contributed by atoms with Crippen molar-refractivity contribution in [3.8, 4) is 0 Å². The Kier molecular flexibility index (Phi) is 4.30. The summed E-state index contributed by atoms with van der Waals surface area (Å²) in [5, 5.41) is 4.95. The van der Waals surface area contributed by atoms with E-state index in [2.05, 4.69) is 10.3 Å². The number of rotatable bonds is 5. The molecule has 5 nitrogen and oxygen atoms in total. The van der Waals surface area contributed by atoms with Gasteiger partial charge in [-0.3, -0.25) is 0 Å². The van der Waals surface area contributed by atoms with Crippen molar-refractivity contribution in [1.29, 1.82) is 0 Å². The molecule has 3 N–H and O–H groups in total. The number of methoxy groups -OCH3 is 1. The number of pyridine rings is 1. The molecular weight excluding hydrogens is 242 g/mol. The van der Waals surface area contributed by atoms with E-state index in [1.807, 2.05) is 18.2 Å². The molecule has 2 rings (SSSR count). The Morgan fingerprint density at radius 3 is 3.00 bits per heavy atom. The van der Waals surface area contributed by atoms with E-state index in [-0.39, 0.29) is 5.97 Å². The first-order valence-corrected chi connectivity index (χ1v) is 6.18. The summed E-state index contributed by atoms with van der Waals surface area (Å²) < 4.78 is 4.81. The van der Waals surface area contributed by atoms with Gasteiger partial charge >= 0.3 is 5.97 Å². The molecule has 0 atom stereocenters. The van der Waals surface area contributed by atoms with Gasteiger partial charge in [0.1, 0.15) is 5.82 Å². The largest absolute Gasteiger partial charge is 0.465 e. The summed E-state index contributed by atoms with van der Waals surface area (Å²) in [4.78, 5) is 16.1. The second-order valence-electron chi connectivity index (χ2n) is 4.12. The predicted octanol–water partition coefficient (Wildman–Crippen LogP) is 1.78. The van der Waals surface area contributed by atoms with Crippen LogP contribution < -0.4 is 11.1 Å². The molecule has 0 aliphatic rings. The Morgan fingerprint density at radius 2 is 2.26 bits per heavy atom. The third kappa shape index (κ3) is 2.82. The van der Waals surface area contributed by atoms with Crippen LogP contribution in [0.4, 0.5) is 5.82 Å². The number of hydrogen-bond donors (Lipinski definition) is 2. The molecule has 1 aromatic heterocycles. The number of benzene rings is 1. The second-order valence-corrected chi connectivity index (χ2v) is 4.12. The van der Waals surface area contributed by atoms with Crippen molar-refractivity contribution in [1.82, 2.24) is 4.98 Å². The SMILES string of the molecule is COC(=O)c1cccc2ccnc(NCCCN)c12. The summed E-state index contributed by atoms with van der Waals surface area (Å²) in [6.45, 7) is 1.33. The van der Waals surface area contributed by atoms with Gasteiger partial charge in [-0.1, -0.05) is 12.1 Å². The highest BCUT2D eigenvalue weighted by Crippen LogP contribution is 2.25. The first kappa shape index (κ1) is 13.3. The normalized spacial score (nSPS) is 10.4. The van der Waals surface area contributed by atoms with Crippen molar-refractivity contribution in [2.75, 3.05) is 25.5 Å². The van der Waals surface area contributed by atoms with Crippen LogP contribution in [0.15, 0.2) is 30.5 Å². The van der Waals surface area contributed by atoms with Gasteiger partial charge in [-0.2, -0.15) is 0 Å². The van der Waals surface area contributed by atoms with Gasteiger partial charge in [0, 0.05) is 18.1 Å². The van der Waals surface area contributed by atoms with Gasteiger partial charge in [0.05, 0.1) is 12.7 Å². The van der Waals surface area contributed by atoms with Gasteiger partial charge in [0.25, 0.3) is 0 Å². The maximum atomic E-state index is 11.8. The lowest BCUT2D eigenvalue weighted by atomic mass is 10.1. The van der Waals surface area contributed by atoms with E-state index in [4.69, 9.17) is 10.5 Å². The summed E-state index contributed by atoms with van der Waals surface area (Å²) in [5.74, 6) is 0.326. The summed E-state index contributed by atoms with van der Waals surface area (Å²) >= 11 is 0. The van der Waals surface area contributed by atoms with Gasteiger partial charge in [0.15, 0.2) is 0 Å². The predicted molar refractivity (Wildman–Crippen MR) is 75.2 cm³/mol. The molecule has 0 unspecified atom stereocenters. The molecule has 0 fully saturated rings. The number of nitrogens with two attached hydrogens (primary N) is 1. The zero-order valence-corrected chi connectivity index (χ0v) is 10.8. The van der Waals surface area contributed by atoms with Gasteiger partial charge in [-0.25, -0.2) is 9.78 Å². The maximum absolute atomic E-state index is 11.8. The molecule has 100 valence electrons. The fourth-order valence-corrected chi connectivity index (χ4v) is 1.95. The highest BCUT2D eigenvalue weighted by atomic mass is 16.5. The van der Waals surface area contributed by atoms with E-state index in [0.717, 1.165) is 23.7 Å². The number of hydrogen-bond acceptors (Lipinski definition) is 5. The van der Waals surface area contributed by atoms with Gasteiger partial charge < -0.3 is 15.8 Å². The Bertz CT molecular complexity index is 579. The molecule has 0 saturated heterocycles. The molecule has 0 spiro atoms. The van der Waals surface area contributed by atoms with Crippen LogP contribution in [0.1, 0.15) is 16.8 Å². The molecule has 1 aromatic carbocycles. The van der Waals surface area contributed by atoms with Gasteiger partial charge in [-0.15, -0.1) is 0 Å². The Labute approximate surface area is 111 Å². The van der Waals surface area contributed by atoms with Crippen LogP contribution in [0, 0.1) is 0 Å². The highest BCUT2D eigenvalue weighted by molar-refractivity contribution is 6.08. The monoisotopic (exact) mass is 259 g/mol. The fourth-order valence-electron chi connectivity index (χ4n) is 1.95. The molecule has 0 amide bonds. The van der Waals surface area contributed by atoms with Crippen LogP contribution >= 0.6 is 0 Å². The van der Waals surface area contributed by atoms with E-state index in [1.54, 1.807) is 12.3 Å². The number of nitrogens with zero attached hydrogens (tertiary/aromatic N) is 1. The van der Waals surface area contributed by atoms with Crippen molar-refractivity contribution in [2.45, 2.75) is 6.42 Å². The van der Waals surface area contributed by atoms with Gasteiger partial charge in [-0.05, 0) is 30.5 Å². The van der Waals surface area contributed by atoms with E-state index in [9.17, 15) is 4.79 Å². The Morgan fingerprint density at radius 1 is 1.42 bits per heavy atom. The number of nitrogens with one attached hydrogen (secondary N) is 1. The molecule has 0 radical (unpaired) electrons. The summed E-state index contributed by atoms with van der Waals surface area (Å²) in [7, 11) is 1.37. The number of fused-ring (bicyclic) bond motifs is 1. The molecule has 0 aliphatic carbocycles. The molecule has 2 aromatic rings. The van der Waals surface area contributed by atoms with Crippen LogP contribution in [0.3, 0.4) is 0 Å². The van der Waals surface area contributed by atoms with Crippen LogP contribution in [-0.4, -0.2) is 31.2 Å². The third-order valence-electron chi connectivity index (χ3n) is 2.87. The molecule has 0 aliphatic heterocycles. The van der Waals surface area contributed by atoms with Crippen LogP contribution in [-0.2, 0) is 4.74 Å². The summed E-state index contributed by atoms with van der Waals surface area (Å²) in [6.07, 6.45) is 2.56. The van der Waals surface area contributed by atoms with Crippen LogP contribution in [0.2, 0.25) is 0 Å². The average Bonchev–Trinajstić information content (AvgIpc) is 2.46. The van der Waals surface area contributed by atoms with Crippen molar-refractivity contribution >= 4 is 22.6 Å². The Hall–Kier alpha value is -2.14. The number of ether oxygens (including phenoxy) is 1. The number of carbonyl (C=O) groups excluding carboxylic acids is 1. The van der Waals surface area contributed by atoms with Crippen molar-refractivity contribution in [3.05, 3.63) is 36.0 Å². The van der Waals surface area contributed by atoms with Crippen molar-refractivity contribution < 1.29 is 9.53 Å². The minimum atomic E-state index is -0.361. The second kappa shape index (κ2) is 6.15. The molecule has 0 saturated carbocycles. The molecule has 5 heteroatoms. The highest BCUT2D eigenvalue weighted by Gasteiger charge is 2.13. The first-order valence-electron chi connectivity index (χ1n) is 6.18. The van der Waals surface area contributed by atoms with E-state index in [1.165, 1.54) is 7.11 Å². The van der Waals surface area contributed by atoms with E-state index < -0.39 is 0 Å². The quantitative estimate of drug-likeness (QED) is 0.632. The molecule has 1 heterocycles. The standard InChI is InChI=1S/C14H17N3O2/c1-19-14(18)11-5-2-4-10-6-9-17-13(12(10)11)16-8-3-7-15/h2,4-6,9H,3,7-8,15H2,1H3,(H,16,17).